The molecule has 13 amide bonds. The number of phenolic OH excluding ortho intramolecular Hbond substituents is 2. The average molecular weight is 1530 g/mol. The number of aliphatic carboxylic acids is 7. The van der Waals surface area contributed by atoms with Crippen LogP contribution in [-0.2, 0) is 109 Å². The molecule has 4 rings (SSSR count). The Labute approximate surface area is 611 Å². The molecule has 22 N–H and O–H groups in total. The van der Waals surface area contributed by atoms with Crippen LogP contribution in [0, 0.1) is 5.92 Å². The molecule has 2 aromatic carbocycles. The third kappa shape index (κ3) is 29.1. The smallest absolute Gasteiger partial charge is 0.326 e. The summed E-state index contributed by atoms with van der Waals surface area (Å²) in [4.78, 5) is 268. The molecule has 2 fully saturated rings. The predicted octanol–water partition coefficient (Wildman–Crippen LogP) is -7.13. The normalized spacial score (nSPS) is 25.3. The second-order valence-electron chi connectivity index (χ2n) is 25.5. The molecule has 0 spiro atoms. The van der Waals surface area contributed by atoms with Gasteiger partial charge >= 0.3 is 41.8 Å². The predicted molar refractivity (Wildman–Crippen MR) is 359 cm³/mol. The zero-order valence-corrected chi connectivity index (χ0v) is 58.1. The molecule has 43 heteroatoms. The molecule has 13 atom stereocenters. The minimum Gasteiger partial charge on any atom is -0.508 e. The Morgan fingerprint density at radius 2 is 0.704 bits per heavy atom. The Morgan fingerprint density at radius 3 is 1.11 bits per heavy atom. The van der Waals surface area contributed by atoms with Crippen molar-refractivity contribution < 1.29 is 147 Å². The topological polar surface area (TPSA) is 691 Å². The lowest BCUT2D eigenvalue weighted by atomic mass is 10.0. The van der Waals surface area contributed by atoms with Crippen LogP contribution in [0.4, 0.5) is 0 Å². The van der Waals surface area contributed by atoms with E-state index in [1.165, 1.54) is 38.1 Å². The lowest BCUT2D eigenvalue weighted by Gasteiger charge is -2.30. The van der Waals surface area contributed by atoms with Crippen molar-refractivity contribution in [1.82, 2.24) is 68.7 Å². The molecule has 2 heterocycles. The Kier molecular flexibility index (Phi) is 34.0. The van der Waals surface area contributed by atoms with Gasteiger partial charge in [0, 0.05) is 32.2 Å². The summed E-state index contributed by atoms with van der Waals surface area (Å²) < 4.78 is 0. The molecule has 0 unspecified atom stereocenters. The lowest BCUT2D eigenvalue weighted by molar-refractivity contribution is -0.147. The van der Waals surface area contributed by atoms with Crippen LogP contribution in [0.15, 0.2) is 48.5 Å². The largest absolute Gasteiger partial charge is 0.508 e. The van der Waals surface area contributed by atoms with Crippen LogP contribution in [-0.4, -0.2) is 266 Å². The van der Waals surface area contributed by atoms with Crippen molar-refractivity contribution in [3.8, 4) is 11.5 Å². The molecule has 0 bridgehead atoms. The highest BCUT2D eigenvalue weighted by Gasteiger charge is 2.42. The Morgan fingerprint density at radius 1 is 0.389 bits per heavy atom. The van der Waals surface area contributed by atoms with Crippen LogP contribution < -0.4 is 63.8 Å². The molecule has 2 aliphatic heterocycles. The van der Waals surface area contributed by atoms with E-state index in [0.717, 1.165) is 36.1 Å². The summed E-state index contributed by atoms with van der Waals surface area (Å²) in [7, 11) is 0. The molecule has 108 heavy (non-hydrogen) atoms. The average Bonchev–Trinajstić information content (AvgIpc) is 1.62. The van der Waals surface area contributed by atoms with Crippen LogP contribution >= 0.6 is 0 Å². The second-order valence-corrected chi connectivity index (χ2v) is 25.5. The van der Waals surface area contributed by atoms with Gasteiger partial charge in [-0.1, -0.05) is 38.1 Å². The maximum Gasteiger partial charge on any atom is 0.326 e. The fraction of sp³-hybridized carbons (Fsp3) is 0.508. The van der Waals surface area contributed by atoms with E-state index in [1.54, 1.807) is 0 Å². The van der Waals surface area contributed by atoms with Crippen LogP contribution in [0.25, 0.3) is 0 Å². The minimum atomic E-state index is -2.21. The zero-order chi connectivity index (χ0) is 81.0. The Balaban J connectivity index is 1.82. The minimum absolute atomic E-state index is 0.0171. The van der Waals surface area contributed by atoms with Crippen molar-refractivity contribution in [2.24, 2.45) is 5.92 Å². The number of rotatable bonds is 19. The number of nitrogens with zero attached hydrogens (tertiary/aromatic N) is 1. The molecule has 0 saturated carbocycles. The number of aromatic hydroxyl groups is 2. The zero-order valence-electron chi connectivity index (χ0n) is 58.1. The molecular formula is C65H85N13O30. The summed E-state index contributed by atoms with van der Waals surface area (Å²) in [5.74, 6) is -31.2. The molecule has 590 valence electrons. The van der Waals surface area contributed by atoms with Crippen molar-refractivity contribution in [3.05, 3.63) is 59.7 Å². The number of carbonyl (C=O) groups is 20. The maximum atomic E-state index is 14.3. The third-order valence-corrected chi connectivity index (χ3v) is 16.4. The first-order chi connectivity index (χ1) is 50.6. The van der Waals surface area contributed by atoms with Gasteiger partial charge in [0.2, 0.25) is 76.8 Å². The molecule has 0 aromatic heterocycles. The number of carbonyl (C=O) groups excluding carboxylic acids is 13. The highest BCUT2D eigenvalue weighted by molar-refractivity contribution is 6.02. The van der Waals surface area contributed by atoms with Gasteiger partial charge in [-0.3, -0.25) is 86.3 Å². The second kappa shape index (κ2) is 41.8. The Bertz CT molecular complexity index is 3720. The van der Waals surface area contributed by atoms with Crippen LogP contribution in [0.3, 0.4) is 0 Å². The van der Waals surface area contributed by atoms with E-state index in [1.807, 2.05) is 16.0 Å². The fourth-order valence-corrected chi connectivity index (χ4v) is 10.9. The van der Waals surface area contributed by atoms with Crippen LogP contribution in [0.2, 0.25) is 0 Å². The van der Waals surface area contributed by atoms with Crippen LogP contribution in [0.1, 0.15) is 109 Å². The number of phenols is 2. The van der Waals surface area contributed by atoms with Crippen molar-refractivity contribution in [3.63, 3.8) is 0 Å². The van der Waals surface area contributed by atoms with Crippen molar-refractivity contribution in [2.75, 3.05) is 13.2 Å². The number of aliphatic hydroxyl groups excluding tert-OH is 1. The standard InChI is InChI=1S/C65H85N13O30/c1-28(2)19-36-55(96)69-34(64(105)106)15-17-47(83)68-39(22-48(84)85)54(95)66-29(3)53(94)76-43(26-52(92)93)63(104)78-18-4-5-45(78)62(103)75-42(25-51(90)91)58(99)70-35(65(107)108)14-16-46(82)67-37(20-30-6-10-32(80)11-7-30)56(97)73-40(23-49(86)87)60(101)72-38(21-31-8-12-33(81)13-9-31)57(98)77-44(27-79)61(102)74-41(24-50(88)89)59(100)71-36/h6-13,28-29,34-45,79-81H,4-5,14-27H2,1-3H3,(H,66,95)(H,67,82)(H,68,83)(H,69,96)(H,70,99)(H,71,100)(H,72,101)(H,73,97)(H,74,102)(H,75,103)(H,76,94)(H,77,98)(H,84,85)(H,86,87)(H,88,89)(H,90,91)(H,92,93)(H,105,106)(H,107,108)/t29-,34+,35-,36-,37-,38-,39+,40-,41+,42+,43+,44-,45-/m0/s1. The molecular weight excluding hydrogens is 1440 g/mol. The van der Waals surface area contributed by atoms with E-state index in [9.17, 15) is 147 Å². The van der Waals surface area contributed by atoms with Gasteiger partial charge in [0.1, 0.15) is 90.0 Å². The van der Waals surface area contributed by atoms with Crippen molar-refractivity contribution in [2.45, 2.75) is 189 Å². The summed E-state index contributed by atoms with van der Waals surface area (Å²) in [5, 5.41) is 125. The monoisotopic (exact) mass is 1530 g/mol. The summed E-state index contributed by atoms with van der Waals surface area (Å²) >= 11 is 0. The molecule has 0 radical (unpaired) electrons. The number of benzene rings is 2. The maximum absolute atomic E-state index is 14.3. The van der Waals surface area contributed by atoms with Gasteiger partial charge in [0.25, 0.3) is 0 Å². The van der Waals surface area contributed by atoms with Gasteiger partial charge in [0.15, 0.2) is 0 Å². The summed E-state index contributed by atoms with van der Waals surface area (Å²) in [6.45, 7) is 2.31. The van der Waals surface area contributed by atoms with Gasteiger partial charge < -0.3 is 120 Å². The van der Waals surface area contributed by atoms with Gasteiger partial charge in [-0.25, -0.2) is 9.59 Å². The van der Waals surface area contributed by atoms with E-state index in [-0.39, 0.29) is 48.4 Å². The highest BCUT2D eigenvalue weighted by Crippen LogP contribution is 2.21. The molecule has 2 aliphatic rings. The van der Waals surface area contributed by atoms with Crippen molar-refractivity contribution >= 4 is 119 Å². The first-order valence-electron chi connectivity index (χ1n) is 33.3. The number of fused-ring (bicyclic) bond motifs is 1. The van der Waals surface area contributed by atoms with Gasteiger partial charge in [-0.05, 0) is 80.3 Å². The molecule has 2 saturated heterocycles. The quantitative estimate of drug-likeness (QED) is 0.0621. The van der Waals surface area contributed by atoms with Crippen molar-refractivity contribution in [1.29, 1.82) is 0 Å². The molecule has 2 aromatic rings. The van der Waals surface area contributed by atoms with E-state index < -0.39 is 280 Å². The van der Waals surface area contributed by atoms with E-state index >= 15 is 0 Å². The van der Waals surface area contributed by atoms with E-state index in [0.29, 0.717) is 0 Å². The summed E-state index contributed by atoms with van der Waals surface area (Å²) in [5.41, 5.74) is 0.301. The first kappa shape index (κ1) is 87.8. The number of hydrogen-bond acceptors (Lipinski definition) is 23. The highest BCUT2D eigenvalue weighted by atomic mass is 16.4. The van der Waals surface area contributed by atoms with E-state index in [2.05, 4.69) is 47.9 Å². The molecule has 0 aliphatic carbocycles. The number of hydrogen-bond donors (Lipinski definition) is 22. The number of aliphatic hydroxyl groups is 1. The fourth-order valence-electron chi connectivity index (χ4n) is 10.9. The summed E-state index contributed by atoms with van der Waals surface area (Å²) in [6, 6.07) is -16.5. The Hall–Kier alpha value is -12.6. The SMILES string of the molecule is CC(C)C[C@@H]1NC(=O)[C@@H](CC(=O)O)NC(=O)[C@H](CO)NC(=O)[C@H](Cc2ccc(O)cc2)NC(=O)[C@H](CC(=O)O)NC(=O)[C@H](Cc2ccc(O)cc2)NC(=O)CC[C@@H](C(=O)O)NC(=O)[C@@H](CC(=O)O)NC(=O)[C@@H]2CCCN2C(=O)[C@@H](CC(=O)O)NC(=O)[C@H](C)NC(=O)[C@@H](CC(=O)O)NC(=O)CC[C@H](C(=O)O)NC1=O. The number of amides is 13. The van der Waals surface area contributed by atoms with Gasteiger partial charge in [-0.2, -0.15) is 0 Å². The number of carboxylic acid groups (broad SMARTS) is 7. The summed E-state index contributed by atoms with van der Waals surface area (Å²) in [6.07, 6.45) is -11.6. The van der Waals surface area contributed by atoms with Gasteiger partial charge in [-0.15, -0.1) is 0 Å². The van der Waals surface area contributed by atoms with Crippen LogP contribution in [0.5, 0.6) is 11.5 Å². The molecule has 43 nitrogen and oxygen atoms in total. The third-order valence-electron chi connectivity index (χ3n) is 16.4. The number of nitrogens with one attached hydrogen (secondary N) is 12. The number of carboxylic acids is 7. The lowest BCUT2D eigenvalue weighted by Crippen LogP contribution is -2.61. The van der Waals surface area contributed by atoms with Gasteiger partial charge in [0.05, 0.1) is 38.7 Å². The van der Waals surface area contributed by atoms with E-state index in [4.69, 9.17) is 0 Å². The first-order valence-corrected chi connectivity index (χ1v) is 33.3.